The van der Waals surface area contributed by atoms with E-state index in [2.05, 4.69) is 56.4 Å². The summed E-state index contributed by atoms with van der Waals surface area (Å²) >= 11 is 0. The highest BCUT2D eigenvalue weighted by Gasteiger charge is 2.23. The number of rotatable bonds is 2. The van der Waals surface area contributed by atoms with Crippen molar-refractivity contribution in [3.05, 3.63) is 34.9 Å². The molecule has 2 unspecified atom stereocenters. The number of hydrogen-bond donors (Lipinski definition) is 1. The maximum atomic E-state index is 3.64. The van der Waals surface area contributed by atoms with Crippen LogP contribution in [0.3, 0.4) is 0 Å². The van der Waals surface area contributed by atoms with Crippen molar-refractivity contribution >= 4 is 0 Å². The van der Waals surface area contributed by atoms with E-state index in [9.17, 15) is 0 Å². The van der Waals surface area contributed by atoms with Crippen molar-refractivity contribution in [2.75, 3.05) is 20.6 Å². The first-order valence-corrected chi connectivity index (χ1v) is 6.55. The highest BCUT2D eigenvalue weighted by molar-refractivity contribution is 5.32. The molecule has 0 saturated carbocycles. The lowest BCUT2D eigenvalue weighted by atomic mass is 9.91. The minimum absolute atomic E-state index is 0.524. The maximum Gasteiger partial charge on any atom is 0.0335 e. The van der Waals surface area contributed by atoms with Crippen molar-refractivity contribution in [2.45, 2.75) is 38.8 Å². The Labute approximate surface area is 105 Å². The highest BCUT2D eigenvalue weighted by Crippen LogP contribution is 2.26. The average molecular weight is 232 g/mol. The molecular weight excluding hydrogens is 208 g/mol. The van der Waals surface area contributed by atoms with Gasteiger partial charge in [-0.15, -0.1) is 0 Å². The van der Waals surface area contributed by atoms with Crippen molar-refractivity contribution < 1.29 is 0 Å². The summed E-state index contributed by atoms with van der Waals surface area (Å²) in [6.07, 6.45) is 2.48. The van der Waals surface area contributed by atoms with Crippen LogP contribution in [0.2, 0.25) is 0 Å². The van der Waals surface area contributed by atoms with Gasteiger partial charge in [-0.1, -0.05) is 18.2 Å². The second kappa shape index (κ2) is 5.19. The van der Waals surface area contributed by atoms with Gasteiger partial charge in [0, 0.05) is 12.1 Å². The SMILES string of the molecule is Cc1ccc(C2CC(N(C)C)CCN2)cc1C. The van der Waals surface area contributed by atoms with E-state index in [1.807, 2.05) is 0 Å². The number of piperidine rings is 1. The molecule has 2 heteroatoms. The first kappa shape index (κ1) is 12.6. The van der Waals surface area contributed by atoms with Crippen LogP contribution in [0.15, 0.2) is 18.2 Å². The Morgan fingerprint density at radius 3 is 2.59 bits per heavy atom. The Morgan fingerprint density at radius 1 is 1.18 bits per heavy atom. The van der Waals surface area contributed by atoms with E-state index in [0.717, 1.165) is 6.54 Å². The molecule has 1 heterocycles. The van der Waals surface area contributed by atoms with Crippen LogP contribution in [0, 0.1) is 13.8 Å². The molecule has 0 amide bonds. The summed E-state index contributed by atoms with van der Waals surface area (Å²) in [5.74, 6) is 0. The van der Waals surface area contributed by atoms with Crippen LogP contribution < -0.4 is 5.32 Å². The zero-order valence-electron chi connectivity index (χ0n) is 11.5. The quantitative estimate of drug-likeness (QED) is 0.843. The standard InChI is InChI=1S/C15H24N2/c1-11-5-6-13(9-12(11)2)15-10-14(17(3)4)7-8-16-15/h5-6,9,14-16H,7-8,10H2,1-4H3. The lowest BCUT2D eigenvalue weighted by Gasteiger charge is -2.34. The fourth-order valence-corrected chi connectivity index (χ4v) is 2.60. The van der Waals surface area contributed by atoms with E-state index < -0.39 is 0 Å². The van der Waals surface area contributed by atoms with Crippen molar-refractivity contribution in [1.82, 2.24) is 10.2 Å². The van der Waals surface area contributed by atoms with Gasteiger partial charge in [0.15, 0.2) is 0 Å². The van der Waals surface area contributed by atoms with E-state index in [-0.39, 0.29) is 0 Å². The zero-order chi connectivity index (χ0) is 12.4. The van der Waals surface area contributed by atoms with Gasteiger partial charge < -0.3 is 10.2 Å². The van der Waals surface area contributed by atoms with Gasteiger partial charge in [-0.3, -0.25) is 0 Å². The maximum absolute atomic E-state index is 3.64. The smallest absolute Gasteiger partial charge is 0.0335 e. The molecular formula is C15H24N2. The van der Waals surface area contributed by atoms with Gasteiger partial charge in [0.2, 0.25) is 0 Å². The third-order valence-electron chi connectivity index (χ3n) is 4.04. The molecule has 17 heavy (non-hydrogen) atoms. The number of nitrogens with one attached hydrogen (secondary N) is 1. The molecule has 0 spiro atoms. The number of aryl methyl sites for hydroxylation is 2. The first-order chi connectivity index (χ1) is 8.08. The summed E-state index contributed by atoms with van der Waals surface area (Å²) in [6, 6.07) is 8.09. The van der Waals surface area contributed by atoms with Gasteiger partial charge in [-0.2, -0.15) is 0 Å². The summed E-state index contributed by atoms with van der Waals surface area (Å²) in [7, 11) is 4.38. The van der Waals surface area contributed by atoms with E-state index >= 15 is 0 Å². The lowest BCUT2D eigenvalue weighted by Crippen LogP contribution is -2.41. The van der Waals surface area contributed by atoms with Crippen LogP contribution in [-0.4, -0.2) is 31.6 Å². The fraction of sp³-hybridized carbons (Fsp3) is 0.600. The Hall–Kier alpha value is -0.860. The summed E-state index contributed by atoms with van der Waals surface area (Å²) < 4.78 is 0. The number of hydrogen-bond acceptors (Lipinski definition) is 2. The molecule has 2 nitrogen and oxygen atoms in total. The molecule has 1 aromatic rings. The van der Waals surface area contributed by atoms with Gasteiger partial charge in [0.25, 0.3) is 0 Å². The summed E-state index contributed by atoms with van der Waals surface area (Å²) in [6.45, 7) is 5.50. The van der Waals surface area contributed by atoms with Gasteiger partial charge in [0.05, 0.1) is 0 Å². The van der Waals surface area contributed by atoms with Crippen LogP contribution in [0.4, 0.5) is 0 Å². The summed E-state index contributed by atoms with van der Waals surface area (Å²) in [5.41, 5.74) is 4.23. The largest absolute Gasteiger partial charge is 0.310 e. The number of benzene rings is 1. The minimum Gasteiger partial charge on any atom is -0.310 e. The van der Waals surface area contributed by atoms with Crippen molar-refractivity contribution in [1.29, 1.82) is 0 Å². The van der Waals surface area contributed by atoms with Crippen molar-refractivity contribution in [3.8, 4) is 0 Å². The van der Waals surface area contributed by atoms with E-state index in [0.29, 0.717) is 12.1 Å². The Balaban J connectivity index is 2.13. The highest BCUT2D eigenvalue weighted by atomic mass is 15.1. The second-order valence-corrected chi connectivity index (χ2v) is 5.49. The molecule has 0 radical (unpaired) electrons. The molecule has 0 aliphatic carbocycles. The molecule has 1 aliphatic heterocycles. The molecule has 1 aromatic carbocycles. The molecule has 1 N–H and O–H groups in total. The van der Waals surface area contributed by atoms with Crippen molar-refractivity contribution in [3.63, 3.8) is 0 Å². The molecule has 94 valence electrons. The van der Waals surface area contributed by atoms with Crippen LogP contribution in [0.5, 0.6) is 0 Å². The molecule has 1 fully saturated rings. The van der Waals surface area contributed by atoms with Crippen LogP contribution in [-0.2, 0) is 0 Å². The lowest BCUT2D eigenvalue weighted by molar-refractivity contribution is 0.207. The molecule has 0 aromatic heterocycles. The monoisotopic (exact) mass is 232 g/mol. The Morgan fingerprint density at radius 2 is 1.94 bits per heavy atom. The van der Waals surface area contributed by atoms with Gasteiger partial charge in [0.1, 0.15) is 0 Å². The molecule has 1 saturated heterocycles. The normalized spacial score (nSPS) is 25.2. The van der Waals surface area contributed by atoms with Gasteiger partial charge >= 0.3 is 0 Å². The Bertz CT molecular complexity index is 385. The predicted octanol–water partition coefficient (Wildman–Crippen LogP) is 2.66. The van der Waals surface area contributed by atoms with Crippen molar-refractivity contribution in [2.24, 2.45) is 0 Å². The third kappa shape index (κ3) is 2.88. The van der Waals surface area contributed by atoms with Gasteiger partial charge in [-0.25, -0.2) is 0 Å². The molecule has 1 aliphatic rings. The second-order valence-electron chi connectivity index (χ2n) is 5.49. The van der Waals surface area contributed by atoms with Gasteiger partial charge in [-0.05, 0) is 64.0 Å². The Kier molecular flexibility index (Phi) is 3.85. The topological polar surface area (TPSA) is 15.3 Å². The first-order valence-electron chi connectivity index (χ1n) is 6.55. The molecule has 2 rings (SSSR count). The molecule has 0 bridgehead atoms. The summed E-state index contributed by atoms with van der Waals surface area (Å²) in [4.78, 5) is 2.36. The van der Waals surface area contributed by atoms with Crippen LogP contribution in [0.1, 0.15) is 35.6 Å². The number of nitrogens with zero attached hydrogens (tertiary/aromatic N) is 1. The minimum atomic E-state index is 0.524. The van der Waals surface area contributed by atoms with E-state index in [1.165, 1.54) is 29.5 Å². The third-order valence-corrected chi connectivity index (χ3v) is 4.04. The van der Waals surface area contributed by atoms with Crippen LogP contribution in [0.25, 0.3) is 0 Å². The van der Waals surface area contributed by atoms with E-state index in [4.69, 9.17) is 0 Å². The predicted molar refractivity (Wildman–Crippen MR) is 73.4 cm³/mol. The fourth-order valence-electron chi connectivity index (χ4n) is 2.60. The summed E-state index contributed by atoms with van der Waals surface area (Å²) in [5, 5.41) is 3.64. The average Bonchev–Trinajstić information content (AvgIpc) is 2.33. The zero-order valence-corrected chi connectivity index (χ0v) is 11.5. The van der Waals surface area contributed by atoms with Crippen LogP contribution >= 0.6 is 0 Å². The van der Waals surface area contributed by atoms with E-state index in [1.54, 1.807) is 0 Å². The molecule has 2 atom stereocenters.